The number of carbonyl (C=O) groups excluding carboxylic acids is 1. The van der Waals surface area contributed by atoms with Gasteiger partial charge in [0, 0.05) is 11.2 Å². The molecule has 5 heteroatoms. The molecule has 3 nitrogen and oxygen atoms in total. The van der Waals surface area contributed by atoms with Gasteiger partial charge in [0.2, 0.25) is 5.91 Å². The van der Waals surface area contributed by atoms with Crippen LogP contribution in [0.25, 0.3) is 0 Å². The molecule has 0 saturated heterocycles. The third-order valence-corrected chi connectivity index (χ3v) is 3.33. The Morgan fingerprint density at radius 3 is 2.63 bits per heavy atom. The van der Waals surface area contributed by atoms with E-state index in [-0.39, 0.29) is 16.5 Å². The summed E-state index contributed by atoms with van der Waals surface area (Å²) in [5.74, 6) is -0.580. The van der Waals surface area contributed by atoms with Crippen molar-refractivity contribution in [2.75, 3.05) is 5.32 Å². The van der Waals surface area contributed by atoms with Crippen LogP contribution >= 0.6 is 11.6 Å². The van der Waals surface area contributed by atoms with Gasteiger partial charge in [0.15, 0.2) is 0 Å². The molecule has 0 heterocycles. The smallest absolute Gasteiger partial charge is 0.242 e. The summed E-state index contributed by atoms with van der Waals surface area (Å²) < 4.78 is 13.0. The SMILES string of the molecule is CCC(C)(C)NC(=O)C(C)Nc1ccc(F)c(Cl)c1. The highest BCUT2D eigenvalue weighted by Crippen LogP contribution is 2.20. The fourth-order valence-corrected chi connectivity index (χ4v) is 1.61. The molecular weight excluding hydrogens is 267 g/mol. The predicted octanol–water partition coefficient (Wildman–Crippen LogP) is 3.58. The van der Waals surface area contributed by atoms with E-state index >= 15 is 0 Å². The number of carbonyl (C=O) groups is 1. The van der Waals surface area contributed by atoms with Gasteiger partial charge in [-0.25, -0.2) is 4.39 Å². The first-order valence-corrected chi connectivity index (χ1v) is 6.66. The Morgan fingerprint density at radius 2 is 2.11 bits per heavy atom. The van der Waals surface area contributed by atoms with Crippen molar-refractivity contribution < 1.29 is 9.18 Å². The number of rotatable bonds is 5. The van der Waals surface area contributed by atoms with Gasteiger partial charge in [-0.2, -0.15) is 0 Å². The third kappa shape index (κ3) is 4.71. The highest BCUT2D eigenvalue weighted by molar-refractivity contribution is 6.31. The van der Waals surface area contributed by atoms with Crippen LogP contribution in [0, 0.1) is 5.82 Å². The topological polar surface area (TPSA) is 41.1 Å². The van der Waals surface area contributed by atoms with Crippen LogP contribution in [0.1, 0.15) is 34.1 Å². The Labute approximate surface area is 118 Å². The van der Waals surface area contributed by atoms with Crippen LogP contribution in [0.4, 0.5) is 10.1 Å². The standard InChI is InChI=1S/C14H20ClFN2O/c1-5-14(3,4)18-13(19)9(2)17-10-6-7-12(16)11(15)8-10/h6-9,17H,5H2,1-4H3,(H,18,19). The first-order valence-electron chi connectivity index (χ1n) is 6.29. The van der Waals surface area contributed by atoms with Gasteiger partial charge in [-0.1, -0.05) is 18.5 Å². The third-order valence-electron chi connectivity index (χ3n) is 3.04. The molecule has 1 rings (SSSR count). The van der Waals surface area contributed by atoms with Crippen LogP contribution in [-0.4, -0.2) is 17.5 Å². The average Bonchev–Trinajstić information content (AvgIpc) is 2.33. The summed E-state index contributed by atoms with van der Waals surface area (Å²) in [6.45, 7) is 7.69. The molecule has 2 N–H and O–H groups in total. The van der Waals surface area contributed by atoms with Crippen molar-refractivity contribution in [3.8, 4) is 0 Å². The maximum Gasteiger partial charge on any atom is 0.242 e. The molecule has 0 aromatic heterocycles. The van der Waals surface area contributed by atoms with Gasteiger partial charge < -0.3 is 10.6 Å². The van der Waals surface area contributed by atoms with Gasteiger partial charge >= 0.3 is 0 Å². The molecule has 0 aliphatic heterocycles. The van der Waals surface area contributed by atoms with E-state index in [1.807, 2.05) is 20.8 Å². The van der Waals surface area contributed by atoms with Crippen molar-refractivity contribution in [1.29, 1.82) is 0 Å². The second-order valence-corrected chi connectivity index (χ2v) is 5.63. The summed E-state index contributed by atoms with van der Waals surface area (Å²) in [6.07, 6.45) is 0.841. The summed E-state index contributed by atoms with van der Waals surface area (Å²) in [6, 6.07) is 3.86. The second kappa shape index (κ2) is 6.24. The van der Waals surface area contributed by atoms with Gasteiger partial charge in [0.05, 0.1) is 5.02 Å². The summed E-state index contributed by atoms with van der Waals surface area (Å²) in [5.41, 5.74) is 0.372. The first kappa shape index (κ1) is 15.8. The normalized spacial score (nSPS) is 12.9. The lowest BCUT2D eigenvalue weighted by Gasteiger charge is -2.27. The van der Waals surface area contributed by atoms with Crippen LogP contribution in [0.3, 0.4) is 0 Å². The van der Waals surface area contributed by atoms with E-state index in [0.29, 0.717) is 5.69 Å². The molecule has 1 unspecified atom stereocenters. The van der Waals surface area contributed by atoms with Crippen molar-refractivity contribution in [3.05, 3.63) is 29.0 Å². The summed E-state index contributed by atoms with van der Waals surface area (Å²) in [5, 5.41) is 5.97. The molecule has 106 valence electrons. The maximum atomic E-state index is 13.0. The zero-order chi connectivity index (χ0) is 14.6. The summed E-state index contributed by atoms with van der Waals surface area (Å²) in [7, 11) is 0. The van der Waals surface area contributed by atoms with Crippen LogP contribution in [0.15, 0.2) is 18.2 Å². The van der Waals surface area contributed by atoms with Gasteiger partial charge in [-0.15, -0.1) is 0 Å². The van der Waals surface area contributed by atoms with E-state index in [9.17, 15) is 9.18 Å². The lowest BCUT2D eigenvalue weighted by Crippen LogP contribution is -2.48. The van der Waals surface area contributed by atoms with Crippen LogP contribution < -0.4 is 10.6 Å². The van der Waals surface area contributed by atoms with Gasteiger partial charge in [0.1, 0.15) is 11.9 Å². The number of hydrogen-bond acceptors (Lipinski definition) is 2. The number of benzene rings is 1. The first-order chi connectivity index (χ1) is 8.75. The van der Waals surface area contributed by atoms with Gasteiger partial charge in [-0.05, 0) is 45.4 Å². The van der Waals surface area contributed by atoms with Crippen molar-refractivity contribution in [2.24, 2.45) is 0 Å². The average molecular weight is 287 g/mol. The van der Waals surface area contributed by atoms with Crippen molar-refractivity contribution in [2.45, 2.75) is 45.7 Å². The Balaban J connectivity index is 2.66. The van der Waals surface area contributed by atoms with Crippen LogP contribution in [-0.2, 0) is 4.79 Å². The fourth-order valence-electron chi connectivity index (χ4n) is 1.43. The largest absolute Gasteiger partial charge is 0.374 e. The van der Waals surface area contributed by atoms with E-state index in [1.54, 1.807) is 13.0 Å². The Morgan fingerprint density at radius 1 is 1.47 bits per heavy atom. The maximum absolute atomic E-state index is 13.0. The van der Waals surface area contributed by atoms with E-state index in [1.165, 1.54) is 12.1 Å². The zero-order valence-electron chi connectivity index (χ0n) is 11.7. The monoisotopic (exact) mass is 286 g/mol. The number of halogens is 2. The predicted molar refractivity (Wildman–Crippen MR) is 77.0 cm³/mol. The Bertz CT molecular complexity index is 463. The number of amides is 1. The number of hydrogen-bond donors (Lipinski definition) is 2. The summed E-state index contributed by atoms with van der Waals surface area (Å²) in [4.78, 5) is 12.0. The van der Waals surface area contributed by atoms with Crippen molar-refractivity contribution in [1.82, 2.24) is 5.32 Å². The molecule has 0 radical (unpaired) electrons. The Hall–Kier alpha value is -1.29. The lowest BCUT2D eigenvalue weighted by atomic mass is 10.0. The van der Waals surface area contributed by atoms with E-state index in [2.05, 4.69) is 10.6 Å². The molecule has 1 atom stereocenters. The molecule has 1 aromatic carbocycles. The highest BCUT2D eigenvalue weighted by Gasteiger charge is 2.21. The molecule has 0 aliphatic carbocycles. The molecule has 0 bridgehead atoms. The number of nitrogens with one attached hydrogen (secondary N) is 2. The molecule has 1 amide bonds. The van der Waals surface area contributed by atoms with Crippen molar-refractivity contribution in [3.63, 3.8) is 0 Å². The van der Waals surface area contributed by atoms with Gasteiger partial charge in [0.25, 0.3) is 0 Å². The fraction of sp³-hybridized carbons (Fsp3) is 0.500. The molecule has 19 heavy (non-hydrogen) atoms. The van der Waals surface area contributed by atoms with E-state index < -0.39 is 11.9 Å². The molecule has 1 aromatic rings. The summed E-state index contributed by atoms with van der Waals surface area (Å²) >= 11 is 5.69. The van der Waals surface area contributed by atoms with Gasteiger partial charge in [-0.3, -0.25) is 4.79 Å². The molecule has 0 saturated carbocycles. The molecular formula is C14H20ClFN2O. The number of anilines is 1. The molecule has 0 spiro atoms. The van der Waals surface area contributed by atoms with E-state index in [0.717, 1.165) is 6.42 Å². The second-order valence-electron chi connectivity index (χ2n) is 5.22. The van der Waals surface area contributed by atoms with Crippen molar-refractivity contribution >= 4 is 23.2 Å². The Kier molecular flexibility index (Phi) is 5.18. The lowest BCUT2D eigenvalue weighted by molar-refractivity contribution is -0.123. The van der Waals surface area contributed by atoms with E-state index in [4.69, 9.17) is 11.6 Å². The minimum absolute atomic E-state index is 0.0338. The molecule has 0 fully saturated rings. The minimum Gasteiger partial charge on any atom is -0.374 e. The van der Waals surface area contributed by atoms with Crippen LogP contribution in [0.5, 0.6) is 0 Å². The molecule has 0 aliphatic rings. The minimum atomic E-state index is -0.476. The zero-order valence-corrected chi connectivity index (χ0v) is 12.4. The van der Waals surface area contributed by atoms with Crippen LogP contribution in [0.2, 0.25) is 5.02 Å². The quantitative estimate of drug-likeness (QED) is 0.868. The highest BCUT2D eigenvalue weighted by atomic mass is 35.5.